The van der Waals surface area contributed by atoms with Crippen molar-refractivity contribution in [3.8, 4) is 5.75 Å². The smallest absolute Gasteiger partial charge is 0.183 e. The fourth-order valence-corrected chi connectivity index (χ4v) is 5.07. The van der Waals surface area contributed by atoms with Gasteiger partial charge in [0.1, 0.15) is 12.4 Å². The lowest BCUT2D eigenvalue weighted by atomic mass is 9.76. The van der Waals surface area contributed by atoms with Crippen LogP contribution in [0.15, 0.2) is 30.9 Å². The van der Waals surface area contributed by atoms with Gasteiger partial charge in [-0.3, -0.25) is 0 Å². The second kappa shape index (κ2) is 12.5. The molecule has 1 heterocycles. The first kappa shape index (κ1) is 23.3. The Morgan fingerprint density at radius 1 is 0.967 bits per heavy atom. The number of hydrogen-bond acceptors (Lipinski definition) is 3. The summed E-state index contributed by atoms with van der Waals surface area (Å²) in [6.45, 7) is 10.5. The Morgan fingerprint density at radius 3 is 2.40 bits per heavy atom. The van der Waals surface area contributed by atoms with Gasteiger partial charge in [-0.05, 0) is 61.6 Å². The van der Waals surface area contributed by atoms with E-state index in [-0.39, 0.29) is 6.29 Å². The lowest BCUT2D eigenvalue weighted by Gasteiger charge is -2.32. The van der Waals surface area contributed by atoms with Crippen LogP contribution in [0.3, 0.4) is 0 Å². The third kappa shape index (κ3) is 6.59. The van der Waals surface area contributed by atoms with Crippen molar-refractivity contribution < 1.29 is 14.2 Å². The minimum atomic E-state index is -0.240. The van der Waals surface area contributed by atoms with Crippen molar-refractivity contribution in [1.29, 1.82) is 0 Å². The van der Waals surface area contributed by atoms with E-state index in [0.717, 1.165) is 30.4 Å². The molecule has 1 aromatic carbocycles. The molecule has 2 aliphatic rings. The minimum Gasteiger partial charge on any atom is -0.489 e. The summed E-state index contributed by atoms with van der Waals surface area (Å²) in [5.74, 6) is 3.02. The standard InChI is InChI=1S/C27H42O3/c1-4-7-8-10-21-11-13-23(14-12-21)25-18-24(15-16-26(25)28-17-6-3)27-29-19-22(9-5-2)20-30-27/h6,15-16,18,21-23,27H,3-5,7-14,17,19-20H2,1-2H3. The second-order valence-corrected chi connectivity index (χ2v) is 9.26. The normalized spacial score (nSPS) is 27.0. The zero-order valence-corrected chi connectivity index (χ0v) is 19.2. The van der Waals surface area contributed by atoms with Gasteiger partial charge in [-0.25, -0.2) is 0 Å². The van der Waals surface area contributed by atoms with Crippen LogP contribution in [0.5, 0.6) is 5.75 Å². The Bertz CT molecular complexity index is 625. The van der Waals surface area contributed by atoms with Gasteiger partial charge < -0.3 is 14.2 Å². The topological polar surface area (TPSA) is 27.7 Å². The first-order valence-electron chi connectivity index (χ1n) is 12.4. The molecule has 0 radical (unpaired) electrons. The van der Waals surface area contributed by atoms with Crippen LogP contribution in [-0.2, 0) is 9.47 Å². The van der Waals surface area contributed by atoms with E-state index < -0.39 is 0 Å². The molecule has 0 atom stereocenters. The first-order valence-corrected chi connectivity index (χ1v) is 12.4. The fourth-order valence-electron chi connectivity index (χ4n) is 5.07. The maximum Gasteiger partial charge on any atom is 0.183 e. The Morgan fingerprint density at radius 2 is 1.73 bits per heavy atom. The van der Waals surface area contributed by atoms with Gasteiger partial charge in [-0.1, -0.05) is 64.7 Å². The Labute approximate surface area is 184 Å². The lowest BCUT2D eigenvalue weighted by molar-refractivity contribution is -0.206. The molecule has 2 fully saturated rings. The summed E-state index contributed by atoms with van der Waals surface area (Å²) in [6, 6.07) is 6.53. The zero-order chi connectivity index (χ0) is 21.2. The Hall–Kier alpha value is -1.32. The number of hydrogen-bond donors (Lipinski definition) is 0. The van der Waals surface area contributed by atoms with E-state index in [1.54, 1.807) is 0 Å². The number of ether oxygens (including phenoxy) is 3. The molecule has 0 amide bonds. The molecule has 3 heteroatoms. The molecular weight excluding hydrogens is 372 g/mol. The summed E-state index contributed by atoms with van der Waals surface area (Å²) in [7, 11) is 0. The highest BCUT2D eigenvalue weighted by molar-refractivity contribution is 5.40. The second-order valence-electron chi connectivity index (χ2n) is 9.26. The van der Waals surface area contributed by atoms with Gasteiger partial charge >= 0.3 is 0 Å². The molecule has 1 aliphatic heterocycles. The van der Waals surface area contributed by atoms with Crippen molar-refractivity contribution in [3.05, 3.63) is 42.0 Å². The van der Waals surface area contributed by atoms with E-state index in [1.807, 2.05) is 6.08 Å². The van der Waals surface area contributed by atoms with Crippen LogP contribution >= 0.6 is 0 Å². The summed E-state index contributed by atoms with van der Waals surface area (Å²) in [5.41, 5.74) is 2.47. The molecule has 0 unspecified atom stereocenters. The number of benzene rings is 1. The van der Waals surface area contributed by atoms with E-state index in [1.165, 1.54) is 69.8 Å². The summed E-state index contributed by atoms with van der Waals surface area (Å²) < 4.78 is 18.2. The molecule has 0 N–H and O–H groups in total. The molecule has 3 rings (SSSR count). The summed E-state index contributed by atoms with van der Waals surface area (Å²) >= 11 is 0. The van der Waals surface area contributed by atoms with Crippen molar-refractivity contribution in [2.75, 3.05) is 19.8 Å². The summed E-state index contributed by atoms with van der Waals surface area (Å²) in [6.07, 6.45) is 14.6. The van der Waals surface area contributed by atoms with E-state index >= 15 is 0 Å². The molecular formula is C27H42O3. The van der Waals surface area contributed by atoms with Crippen LogP contribution in [0.25, 0.3) is 0 Å². The van der Waals surface area contributed by atoms with Crippen LogP contribution in [0.1, 0.15) is 101 Å². The maximum absolute atomic E-state index is 6.09. The quantitative estimate of drug-likeness (QED) is 0.276. The van der Waals surface area contributed by atoms with Crippen LogP contribution in [0.2, 0.25) is 0 Å². The average molecular weight is 415 g/mol. The monoisotopic (exact) mass is 414 g/mol. The van der Waals surface area contributed by atoms with Crippen molar-refractivity contribution in [1.82, 2.24) is 0 Å². The maximum atomic E-state index is 6.09. The number of unbranched alkanes of at least 4 members (excludes halogenated alkanes) is 2. The molecule has 1 aromatic rings. The SMILES string of the molecule is C=CCOc1ccc(C2OCC(CCC)CO2)cc1C1CCC(CCCCC)CC1. The van der Waals surface area contributed by atoms with Gasteiger partial charge in [0.25, 0.3) is 0 Å². The molecule has 168 valence electrons. The van der Waals surface area contributed by atoms with Crippen LogP contribution < -0.4 is 4.74 Å². The largest absolute Gasteiger partial charge is 0.489 e. The van der Waals surface area contributed by atoms with Crippen molar-refractivity contribution in [2.45, 2.75) is 90.3 Å². The van der Waals surface area contributed by atoms with Crippen molar-refractivity contribution in [2.24, 2.45) is 11.8 Å². The van der Waals surface area contributed by atoms with E-state index in [0.29, 0.717) is 18.4 Å². The van der Waals surface area contributed by atoms with Gasteiger partial charge in [-0.15, -0.1) is 0 Å². The molecule has 0 spiro atoms. The highest BCUT2D eigenvalue weighted by atomic mass is 16.7. The molecule has 30 heavy (non-hydrogen) atoms. The van der Waals surface area contributed by atoms with Crippen LogP contribution in [0.4, 0.5) is 0 Å². The van der Waals surface area contributed by atoms with Crippen molar-refractivity contribution >= 4 is 0 Å². The molecule has 3 nitrogen and oxygen atoms in total. The minimum absolute atomic E-state index is 0.240. The molecule has 1 saturated carbocycles. The predicted molar refractivity (Wildman–Crippen MR) is 124 cm³/mol. The lowest BCUT2D eigenvalue weighted by Crippen LogP contribution is -2.27. The molecule has 1 saturated heterocycles. The summed E-state index contributed by atoms with van der Waals surface area (Å²) in [5, 5.41) is 0. The van der Waals surface area contributed by atoms with Crippen LogP contribution in [-0.4, -0.2) is 19.8 Å². The van der Waals surface area contributed by atoms with E-state index in [2.05, 4.69) is 38.6 Å². The molecule has 1 aliphatic carbocycles. The highest BCUT2D eigenvalue weighted by Gasteiger charge is 2.27. The first-order chi connectivity index (χ1) is 14.7. The van der Waals surface area contributed by atoms with Gasteiger partial charge in [0.05, 0.1) is 13.2 Å². The van der Waals surface area contributed by atoms with Gasteiger partial charge in [0.15, 0.2) is 6.29 Å². The highest BCUT2D eigenvalue weighted by Crippen LogP contribution is 2.42. The van der Waals surface area contributed by atoms with E-state index in [4.69, 9.17) is 14.2 Å². The Kier molecular flexibility index (Phi) is 9.74. The van der Waals surface area contributed by atoms with Gasteiger partial charge in [0.2, 0.25) is 0 Å². The fraction of sp³-hybridized carbons (Fsp3) is 0.704. The third-order valence-corrected chi connectivity index (χ3v) is 6.83. The van der Waals surface area contributed by atoms with Gasteiger partial charge in [0, 0.05) is 11.5 Å². The predicted octanol–water partition coefficient (Wildman–Crippen LogP) is 7.57. The van der Waals surface area contributed by atoms with E-state index in [9.17, 15) is 0 Å². The average Bonchev–Trinajstić information content (AvgIpc) is 2.79. The number of rotatable bonds is 11. The Balaban J connectivity index is 1.66. The van der Waals surface area contributed by atoms with Gasteiger partial charge in [-0.2, -0.15) is 0 Å². The zero-order valence-electron chi connectivity index (χ0n) is 19.2. The third-order valence-electron chi connectivity index (χ3n) is 6.83. The van der Waals surface area contributed by atoms with Crippen LogP contribution in [0, 0.1) is 11.8 Å². The molecule has 0 aromatic heterocycles. The molecule has 0 bridgehead atoms. The van der Waals surface area contributed by atoms with Crippen molar-refractivity contribution in [3.63, 3.8) is 0 Å². The summed E-state index contributed by atoms with van der Waals surface area (Å²) in [4.78, 5) is 0.